The first-order valence-electron chi connectivity index (χ1n) is 6.51. The van der Waals surface area contributed by atoms with E-state index < -0.39 is 10.0 Å². The van der Waals surface area contributed by atoms with Crippen molar-refractivity contribution in [1.82, 2.24) is 4.72 Å². The van der Waals surface area contributed by atoms with Crippen LogP contribution in [0, 0.1) is 0 Å². The first kappa shape index (κ1) is 17.6. The molecule has 0 aliphatic rings. The first-order valence-corrected chi connectivity index (χ1v) is 9.76. The minimum Gasteiger partial charge on any atom is -0.399 e. The van der Waals surface area contributed by atoms with Gasteiger partial charge in [0.15, 0.2) is 0 Å². The lowest BCUT2D eigenvalue weighted by molar-refractivity contribution is 0.574. The first-order chi connectivity index (χ1) is 9.47. The van der Waals surface area contributed by atoms with Gasteiger partial charge in [0.05, 0.1) is 5.02 Å². The van der Waals surface area contributed by atoms with E-state index in [0.717, 1.165) is 25.0 Å². The third-order valence-electron chi connectivity index (χ3n) is 2.81. The minimum atomic E-state index is -3.58. The molecule has 1 rings (SSSR count). The highest BCUT2D eigenvalue weighted by molar-refractivity contribution is 7.98. The van der Waals surface area contributed by atoms with Gasteiger partial charge in [-0.1, -0.05) is 24.4 Å². The highest BCUT2D eigenvalue weighted by Crippen LogP contribution is 2.23. The number of hydrogen-bond acceptors (Lipinski definition) is 4. The van der Waals surface area contributed by atoms with Crippen LogP contribution in [0.1, 0.15) is 25.7 Å². The summed E-state index contributed by atoms with van der Waals surface area (Å²) in [5, 5.41) is 0.187. The van der Waals surface area contributed by atoms with Crippen LogP contribution >= 0.6 is 23.4 Å². The van der Waals surface area contributed by atoms with E-state index in [1.54, 1.807) is 6.07 Å². The van der Waals surface area contributed by atoms with E-state index in [2.05, 4.69) is 11.0 Å². The number of thioether (sulfide) groups is 1. The van der Waals surface area contributed by atoms with Crippen LogP contribution in [-0.4, -0.2) is 27.0 Å². The molecule has 0 heterocycles. The van der Waals surface area contributed by atoms with Crippen molar-refractivity contribution in [2.45, 2.75) is 30.6 Å². The fourth-order valence-corrected chi connectivity index (χ4v) is 3.83. The van der Waals surface area contributed by atoms with Crippen LogP contribution in [0.15, 0.2) is 23.1 Å². The molecule has 0 unspecified atom stereocenters. The number of hydrogen-bond donors (Lipinski definition) is 2. The fourth-order valence-electron chi connectivity index (χ4n) is 1.74. The third-order valence-corrected chi connectivity index (χ3v) is 5.45. The Balaban J connectivity index is 2.44. The maximum absolute atomic E-state index is 12.1. The van der Waals surface area contributed by atoms with Gasteiger partial charge in [-0.15, -0.1) is 0 Å². The summed E-state index contributed by atoms with van der Waals surface area (Å²) in [5.74, 6) is 1.16. The molecular formula is C13H21ClN2O2S2. The molecule has 0 aliphatic carbocycles. The van der Waals surface area contributed by atoms with Gasteiger partial charge in [-0.2, -0.15) is 11.8 Å². The van der Waals surface area contributed by atoms with Gasteiger partial charge in [-0.3, -0.25) is 0 Å². The van der Waals surface area contributed by atoms with Crippen LogP contribution in [0.4, 0.5) is 5.69 Å². The van der Waals surface area contributed by atoms with Crippen molar-refractivity contribution in [3.05, 3.63) is 23.2 Å². The molecule has 3 N–H and O–H groups in total. The summed E-state index contributed by atoms with van der Waals surface area (Å²) in [5.41, 5.74) is 5.98. The van der Waals surface area contributed by atoms with Gasteiger partial charge in [-0.05, 0) is 43.0 Å². The molecule has 0 bridgehead atoms. The standard InChI is InChI=1S/C13H21ClN2O2S2/c1-19-9-5-3-2-4-8-16-20(17,18)13-10-11(15)6-7-12(13)14/h6-7,10,16H,2-5,8-9,15H2,1H3. The molecule has 1 aromatic carbocycles. The number of unbranched alkanes of at least 4 members (excludes halogenated alkanes) is 3. The number of nitrogens with two attached hydrogens (primary N) is 1. The van der Waals surface area contributed by atoms with Crippen LogP contribution in [-0.2, 0) is 10.0 Å². The molecule has 0 fully saturated rings. The smallest absolute Gasteiger partial charge is 0.242 e. The topological polar surface area (TPSA) is 72.2 Å². The molecular weight excluding hydrogens is 316 g/mol. The Hall–Kier alpha value is -0.430. The van der Waals surface area contributed by atoms with Gasteiger partial charge in [0, 0.05) is 12.2 Å². The number of benzene rings is 1. The molecule has 1 aromatic rings. The third kappa shape index (κ3) is 5.91. The Bertz CT molecular complexity index is 521. The predicted octanol–water partition coefficient (Wildman–Crippen LogP) is 3.12. The lowest BCUT2D eigenvalue weighted by atomic mass is 10.2. The van der Waals surface area contributed by atoms with Gasteiger partial charge < -0.3 is 5.73 Å². The van der Waals surface area contributed by atoms with E-state index >= 15 is 0 Å². The van der Waals surface area contributed by atoms with Crippen molar-refractivity contribution in [1.29, 1.82) is 0 Å². The van der Waals surface area contributed by atoms with E-state index in [-0.39, 0.29) is 9.92 Å². The maximum atomic E-state index is 12.1. The number of nitrogen functional groups attached to an aromatic ring is 1. The number of sulfonamides is 1. The van der Waals surface area contributed by atoms with E-state index in [0.29, 0.717) is 12.2 Å². The minimum absolute atomic E-state index is 0.0431. The van der Waals surface area contributed by atoms with E-state index in [4.69, 9.17) is 17.3 Å². The number of rotatable bonds is 9. The second kappa shape index (κ2) is 8.77. The zero-order chi connectivity index (χ0) is 15.0. The second-order valence-electron chi connectivity index (χ2n) is 4.49. The van der Waals surface area contributed by atoms with Gasteiger partial charge in [-0.25, -0.2) is 13.1 Å². The van der Waals surface area contributed by atoms with Crippen LogP contribution in [0.3, 0.4) is 0 Å². The van der Waals surface area contributed by atoms with Gasteiger partial charge in [0.25, 0.3) is 0 Å². The molecule has 4 nitrogen and oxygen atoms in total. The zero-order valence-corrected chi connectivity index (χ0v) is 14.0. The Labute approximate surface area is 130 Å². The number of nitrogens with one attached hydrogen (secondary N) is 1. The molecule has 20 heavy (non-hydrogen) atoms. The summed E-state index contributed by atoms with van der Waals surface area (Å²) in [7, 11) is -3.58. The summed E-state index contributed by atoms with van der Waals surface area (Å²) in [6.07, 6.45) is 6.24. The summed E-state index contributed by atoms with van der Waals surface area (Å²) < 4.78 is 26.7. The van der Waals surface area contributed by atoms with Crippen molar-refractivity contribution in [2.24, 2.45) is 0 Å². The highest BCUT2D eigenvalue weighted by atomic mass is 35.5. The highest BCUT2D eigenvalue weighted by Gasteiger charge is 2.17. The molecule has 7 heteroatoms. The number of anilines is 1. The molecule has 0 atom stereocenters. The molecule has 0 amide bonds. The Morgan fingerprint density at radius 2 is 1.95 bits per heavy atom. The normalized spacial score (nSPS) is 11.7. The zero-order valence-electron chi connectivity index (χ0n) is 11.6. The largest absolute Gasteiger partial charge is 0.399 e. The Morgan fingerprint density at radius 1 is 1.25 bits per heavy atom. The van der Waals surface area contributed by atoms with Gasteiger partial charge >= 0.3 is 0 Å². The Kier molecular flexibility index (Phi) is 7.72. The molecule has 0 aromatic heterocycles. The molecule has 0 saturated carbocycles. The summed E-state index contributed by atoms with van der Waals surface area (Å²) >= 11 is 7.73. The van der Waals surface area contributed by atoms with E-state index in [1.165, 1.54) is 18.6 Å². The van der Waals surface area contributed by atoms with Crippen molar-refractivity contribution >= 4 is 39.1 Å². The Morgan fingerprint density at radius 3 is 2.65 bits per heavy atom. The van der Waals surface area contributed by atoms with Gasteiger partial charge in [0.2, 0.25) is 10.0 Å². The van der Waals surface area contributed by atoms with Crippen LogP contribution in [0.5, 0.6) is 0 Å². The molecule has 114 valence electrons. The van der Waals surface area contributed by atoms with Crippen LogP contribution in [0.25, 0.3) is 0 Å². The molecule has 0 spiro atoms. The maximum Gasteiger partial charge on any atom is 0.242 e. The average Bonchev–Trinajstić information content (AvgIpc) is 2.40. The van der Waals surface area contributed by atoms with Crippen molar-refractivity contribution < 1.29 is 8.42 Å². The van der Waals surface area contributed by atoms with E-state index in [9.17, 15) is 8.42 Å². The predicted molar refractivity (Wildman–Crippen MR) is 87.9 cm³/mol. The van der Waals surface area contributed by atoms with Crippen molar-refractivity contribution in [3.8, 4) is 0 Å². The average molecular weight is 337 g/mol. The molecule has 0 aliphatic heterocycles. The summed E-state index contributed by atoms with van der Waals surface area (Å²) in [4.78, 5) is 0.0431. The lowest BCUT2D eigenvalue weighted by Gasteiger charge is -2.09. The van der Waals surface area contributed by atoms with Crippen LogP contribution in [0.2, 0.25) is 5.02 Å². The van der Waals surface area contributed by atoms with Crippen molar-refractivity contribution in [3.63, 3.8) is 0 Å². The van der Waals surface area contributed by atoms with Crippen molar-refractivity contribution in [2.75, 3.05) is 24.3 Å². The summed E-state index contributed by atoms with van der Waals surface area (Å²) in [6, 6.07) is 4.45. The quantitative estimate of drug-likeness (QED) is 0.537. The van der Waals surface area contributed by atoms with Gasteiger partial charge in [0.1, 0.15) is 4.90 Å². The molecule has 0 radical (unpaired) electrons. The monoisotopic (exact) mass is 336 g/mol. The lowest BCUT2D eigenvalue weighted by Crippen LogP contribution is -2.25. The number of halogens is 1. The summed E-state index contributed by atoms with van der Waals surface area (Å²) in [6.45, 7) is 0.423. The second-order valence-corrected chi connectivity index (χ2v) is 7.62. The van der Waals surface area contributed by atoms with E-state index in [1.807, 2.05) is 11.8 Å². The SMILES string of the molecule is CSCCCCCCNS(=O)(=O)c1cc(N)ccc1Cl. The van der Waals surface area contributed by atoms with Crippen LogP contribution < -0.4 is 10.5 Å². The fraction of sp³-hybridized carbons (Fsp3) is 0.538. The molecule has 0 saturated heterocycles.